The van der Waals surface area contributed by atoms with Gasteiger partial charge in [0.15, 0.2) is 0 Å². The summed E-state index contributed by atoms with van der Waals surface area (Å²) in [5.74, 6) is 1.98. The van der Waals surface area contributed by atoms with E-state index in [-0.39, 0.29) is 18.6 Å². The van der Waals surface area contributed by atoms with E-state index in [2.05, 4.69) is 35.7 Å². The van der Waals surface area contributed by atoms with Crippen LogP contribution in [0, 0.1) is 11.8 Å². The van der Waals surface area contributed by atoms with Gasteiger partial charge in [0.05, 0.1) is 11.9 Å². The Bertz CT molecular complexity index is 809. The zero-order valence-electron chi connectivity index (χ0n) is 19.1. The minimum atomic E-state index is -4.32. The zero-order chi connectivity index (χ0) is 23.5. The van der Waals surface area contributed by atoms with Crippen molar-refractivity contribution in [1.29, 1.82) is 0 Å². The SMILES string of the molecule is C=C(Nc1cc(C(CCC)N2CC(C(F)(F)F)NC2=C)ccn1)C(N)C1CCCC(C)C1. The maximum atomic E-state index is 13.2. The van der Waals surface area contributed by atoms with Crippen LogP contribution in [0.2, 0.25) is 0 Å². The normalized spacial score (nSPS) is 25.9. The van der Waals surface area contributed by atoms with Crippen LogP contribution in [0.15, 0.2) is 43.0 Å². The highest BCUT2D eigenvalue weighted by molar-refractivity contribution is 5.45. The lowest BCUT2D eigenvalue weighted by molar-refractivity contribution is -0.150. The van der Waals surface area contributed by atoms with Gasteiger partial charge in [-0.2, -0.15) is 13.2 Å². The number of nitrogens with zero attached hydrogens (tertiary/aromatic N) is 2. The minimum absolute atomic E-state index is 0.157. The van der Waals surface area contributed by atoms with E-state index in [1.54, 1.807) is 11.1 Å². The van der Waals surface area contributed by atoms with Gasteiger partial charge in [-0.15, -0.1) is 0 Å². The molecule has 0 amide bonds. The van der Waals surface area contributed by atoms with Crippen molar-refractivity contribution in [3.63, 3.8) is 0 Å². The highest BCUT2D eigenvalue weighted by atomic mass is 19.4. The third-order valence-electron chi connectivity index (χ3n) is 6.74. The number of rotatable bonds is 8. The summed E-state index contributed by atoms with van der Waals surface area (Å²) in [6.07, 6.45) is 3.52. The van der Waals surface area contributed by atoms with E-state index in [0.29, 0.717) is 29.9 Å². The fourth-order valence-corrected chi connectivity index (χ4v) is 4.98. The Morgan fingerprint density at radius 1 is 1.41 bits per heavy atom. The quantitative estimate of drug-likeness (QED) is 0.500. The molecule has 0 radical (unpaired) electrons. The van der Waals surface area contributed by atoms with Crippen molar-refractivity contribution >= 4 is 5.82 Å². The third-order valence-corrected chi connectivity index (χ3v) is 6.74. The monoisotopic (exact) mass is 451 g/mol. The van der Waals surface area contributed by atoms with Crippen LogP contribution in [0.3, 0.4) is 0 Å². The highest BCUT2D eigenvalue weighted by Crippen LogP contribution is 2.36. The van der Waals surface area contributed by atoms with Gasteiger partial charge in [-0.25, -0.2) is 4.98 Å². The van der Waals surface area contributed by atoms with Crippen LogP contribution in [-0.2, 0) is 0 Å². The van der Waals surface area contributed by atoms with Crippen LogP contribution in [0.4, 0.5) is 19.0 Å². The van der Waals surface area contributed by atoms with Gasteiger partial charge in [-0.1, -0.05) is 46.3 Å². The summed E-state index contributed by atoms with van der Waals surface area (Å²) in [6.45, 7) is 12.1. The lowest BCUT2D eigenvalue weighted by Gasteiger charge is -2.32. The molecule has 1 aromatic rings. The molecule has 1 aromatic heterocycles. The number of hydrogen-bond donors (Lipinski definition) is 3. The molecular formula is C24H36F3N5. The van der Waals surface area contributed by atoms with Gasteiger partial charge in [0.25, 0.3) is 0 Å². The van der Waals surface area contributed by atoms with E-state index >= 15 is 0 Å². The van der Waals surface area contributed by atoms with Crippen LogP contribution in [-0.4, -0.2) is 34.7 Å². The molecule has 5 nitrogen and oxygen atoms in total. The van der Waals surface area contributed by atoms with Crippen LogP contribution in [0.1, 0.15) is 64.0 Å². The number of halogens is 3. The highest BCUT2D eigenvalue weighted by Gasteiger charge is 2.46. The molecular weight excluding hydrogens is 415 g/mol. The molecule has 2 heterocycles. The molecule has 1 saturated carbocycles. The van der Waals surface area contributed by atoms with Crippen molar-refractivity contribution in [1.82, 2.24) is 15.2 Å². The number of nitrogens with one attached hydrogen (secondary N) is 2. The second kappa shape index (κ2) is 10.1. The van der Waals surface area contributed by atoms with Gasteiger partial charge in [-0.05, 0) is 48.8 Å². The van der Waals surface area contributed by atoms with E-state index in [4.69, 9.17) is 5.73 Å². The Kier molecular flexibility index (Phi) is 7.75. The number of pyridine rings is 1. The average molecular weight is 452 g/mol. The lowest BCUT2D eigenvalue weighted by Crippen LogP contribution is -2.39. The van der Waals surface area contributed by atoms with Crippen LogP contribution < -0.4 is 16.4 Å². The first kappa shape index (κ1) is 24.4. The summed E-state index contributed by atoms with van der Waals surface area (Å²) in [6, 6.07) is 1.74. The Labute approximate surface area is 189 Å². The molecule has 0 spiro atoms. The fraction of sp³-hybridized carbons (Fsp3) is 0.625. The molecule has 1 aliphatic carbocycles. The van der Waals surface area contributed by atoms with E-state index in [9.17, 15) is 13.2 Å². The van der Waals surface area contributed by atoms with Crippen LogP contribution in [0.5, 0.6) is 0 Å². The molecule has 4 N–H and O–H groups in total. The predicted molar refractivity (Wildman–Crippen MR) is 123 cm³/mol. The summed E-state index contributed by atoms with van der Waals surface area (Å²) in [7, 11) is 0. The van der Waals surface area contributed by atoms with Gasteiger partial charge in [-0.3, -0.25) is 0 Å². The number of alkyl halides is 3. The Hall–Kier alpha value is -2.22. The number of anilines is 1. The van der Waals surface area contributed by atoms with Gasteiger partial charge in [0, 0.05) is 24.5 Å². The second-order valence-corrected chi connectivity index (χ2v) is 9.32. The predicted octanol–water partition coefficient (Wildman–Crippen LogP) is 5.31. The second-order valence-electron chi connectivity index (χ2n) is 9.32. The number of nitrogens with two attached hydrogens (primary N) is 1. The first-order valence-electron chi connectivity index (χ1n) is 11.6. The lowest BCUT2D eigenvalue weighted by atomic mass is 9.78. The Morgan fingerprint density at radius 2 is 2.16 bits per heavy atom. The topological polar surface area (TPSA) is 66.2 Å². The molecule has 2 aliphatic rings. The molecule has 8 heteroatoms. The number of hydrogen-bond acceptors (Lipinski definition) is 5. The van der Waals surface area contributed by atoms with Crippen molar-refractivity contribution in [3.8, 4) is 0 Å². The summed E-state index contributed by atoms with van der Waals surface area (Å²) in [5, 5.41) is 5.76. The smallest absolute Gasteiger partial charge is 0.359 e. The Balaban J connectivity index is 1.73. The first-order chi connectivity index (χ1) is 15.1. The molecule has 1 aliphatic heterocycles. The van der Waals surface area contributed by atoms with E-state index < -0.39 is 12.2 Å². The van der Waals surface area contributed by atoms with E-state index in [1.165, 1.54) is 12.8 Å². The largest absolute Gasteiger partial charge is 0.410 e. The summed E-state index contributed by atoms with van der Waals surface area (Å²) >= 11 is 0. The van der Waals surface area contributed by atoms with Crippen molar-refractivity contribution < 1.29 is 13.2 Å². The molecule has 178 valence electrons. The fourth-order valence-electron chi connectivity index (χ4n) is 4.98. The average Bonchev–Trinajstić information content (AvgIpc) is 3.13. The molecule has 5 unspecified atom stereocenters. The third kappa shape index (κ3) is 5.77. The molecule has 1 saturated heterocycles. The van der Waals surface area contributed by atoms with Crippen LogP contribution in [0.25, 0.3) is 0 Å². The van der Waals surface area contributed by atoms with Gasteiger partial charge in [0.1, 0.15) is 11.9 Å². The zero-order valence-corrected chi connectivity index (χ0v) is 19.1. The summed E-state index contributed by atoms with van der Waals surface area (Å²) < 4.78 is 39.7. The molecule has 32 heavy (non-hydrogen) atoms. The van der Waals surface area contributed by atoms with Crippen molar-refractivity contribution in [2.45, 2.75) is 76.7 Å². The molecule has 0 aromatic carbocycles. The summed E-state index contributed by atoms with van der Waals surface area (Å²) in [5.41, 5.74) is 8.12. The van der Waals surface area contributed by atoms with Gasteiger partial charge in [0.2, 0.25) is 0 Å². The van der Waals surface area contributed by atoms with Crippen molar-refractivity contribution in [2.75, 3.05) is 11.9 Å². The van der Waals surface area contributed by atoms with Crippen molar-refractivity contribution in [2.24, 2.45) is 17.6 Å². The van der Waals surface area contributed by atoms with Gasteiger partial charge >= 0.3 is 6.18 Å². The maximum Gasteiger partial charge on any atom is 0.410 e. The first-order valence-corrected chi connectivity index (χ1v) is 11.6. The molecule has 5 atom stereocenters. The maximum absolute atomic E-state index is 13.2. The molecule has 0 bridgehead atoms. The minimum Gasteiger partial charge on any atom is -0.359 e. The standard InChI is InChI=1S/C24H36F3N5/c1-5-7-20(32-14-21(24(25,26)27)31-17(32)4)18-10-11-29-22(13-18)30-16(3)23(28)19-9-6-8-15(2)12-19/h10-11,13,15,19-21,23,31H,3-9,12,14,28H2,1-2H3,(H,29,30). The number of aromatic nitrogens is 1. The van der Waals surface area contributed by atoms with Gasteiger partial charge < -0.3 is 21.3 Å². The molecule has 3 rings (SSSR count). The van der Waals surface area contributed by atoms with Crippen molar-refractivity contribution in [3.05, 3.63) is 48.6 Å². The summed E-state index contributed by atoms with van der Waals surface area (Å²) in [4.78, 5) is 6.11. The molecule has 2 fully saturated rings. The van der Waals surface area contributed by atoms with Crippen LogP contribution >= 0.6 is 0 Å². The van der Waals surface area contributed by atoms with E-state index in [1.807, 2.05) is 19.1 Å². The van der Waals surface area contributed by atoms with E-state index in [0.717, 1.165) is 30.5 Å². The Morgan fingerprint density at radius 3 is 2.78 bits per heavy atom.